The normalized spacial score (nSPS) is 10.7. The van der Waals surface area contributed by atoms with Crippen molar-refractivity contribution in [3.05, 3.63) is 65.9 Å². The van der Waals surface area contributed by atoms with Gasteiger partial charge < -0.3 is 0 Å². The van der Waals surface area contributed by atoms with E-state index in [1.54, 1.807) is 0 Å². The van der Waals surface area contributed by atoms with E-state index in [4.69, 9.17) is 11.6 Å². The van der Waals surface area contributed by atoms with E-state index >= 15 is 0 Å². The van der Waals surface area contributed by atoms with Crippen LogP contribution >= 0.6 is 11.6 Å². The smallest absolute Gasteiger partial charge is 0.106 e. The molecule has 0 saturated heterocycles. The van der Waals surface area contributed by atoms with Gasteiger partial charge in [-0.1, -0.05) is 53.2 Å². The third-order valence-electron chi connectivity index (χ3n) is 3.19. The first-order chi connectivity index (χ1) is 9.79. The Morgan fingerprint density at radius 1 is 1.00 bits per heavy atom. The summed E-state index contributed by atoms with van der Waals surface area (Å²) in [6.45, 7) is 2.07. The fourth-order valence-electron chi connectivity index (χ4n) is 2.15. The molecule has 3 aromatic rings. The quantitative estimate of drug-likeness (QED) is 0.681. The van der Waals surface area contributed by atoms with Gasteiger partial charge in [-0.25, -0.2) is 4.68 Å². The standard InChI is InChI=1S/C16H14ClN3/c1-12-7-9-13(10-8-12)16-15(11-17)18-19-20(16)14-5-3-2-4-6-14/h2-10H,11H2,1H3. The Morgan fingerprint density at radius 2 is 1.70 bits per heavy atom. The summed E-state index contributed by atoms with van der Waals surface area (Å²) in [6.07, 6.45) is 0. The van der Waals surface area contributed by atoms with Crippen LogP contribution in [-0.2, 0) is 5.88 Å². The molecule has 0 aliphatic carbocycles. The topological polar surface area (TPSA) is 30.7 Å². The Labute approximate surface area is 122 Å². The molecule has 0 N–H and O–H groups in total. The first-order valence-corrected chi connectivity index (χ1v) is 6.96. The SMILES string of the molecule is Cc1ccc(-c2c(CCl)nnn2-c2ccccc2)cc1. The van der Waals surface area contributed by atoms with Gasteiger partial charge in [0.2, 0.25) is 0 Å². The van der Waals surface area contributed by atoms with Crippen molar-refractivity contribution >= 4 is 11.6 Å². The lowest BCUT2D eigenvalue weighted by Crippen LogP contribution is -1.99. The Hall–Kier alpha value is -2.13. The van der Waals surface area contributed by atoms with Crippen LogP contribution in [0.3, 0.4) is 0 Å². The molecule has 1 aromatic heterocycles. The van der Waals surface area contributed by atoms with Crippen molar-refractivity contribution in [2.45, 2.75) is 12.8 Å². The minimum Gasteiger partial charge on any atom is -0.213 e. The maximum atomic E-state index is 6.00. The van der Waals surface area contributed by atoms with Crippen LogP contribution in [0.15, 0.2) is 54.6 Å². The van der Waals surface area contributed by atoms with Crippen molar-refractivity contribution in [1.82, 2.24) is 15.0 Å². The molecular weight excluding hydrogens is 270 g/mol. The molecule has 100 valence electrons. The van der Waals surface area contributed by atoms with Gasteiger partial charge in [0.15, 0.2) is 0 Å². The van der Waals surface area contributed by atoms with Crippen LogP contribution in [0.2, 0.25) is 0 Å². The molecule has 0 fully saturated rings. The van der Waals surface area contributed by atoms with Crippen molar-refractivity contribution in [3.63, 3.8) is 0 Å². The minimum atomic E-state index is 0.343. The fourth-order valence-corrected chi connectivity index (χ4v) is 2.33. The van der Waals surface area contributed by atoms with Crippen LogP contribution in [-0.4, -0.2) is 15.0 Å². The molecule has 0 aliphatic heterocycles. The molecule has 0 spiro atoms. The van der Waals surface area contributed by atoms with Gasteiger partial charge in [0, 0.05) is 5.56 Å². The van der Waals surface area contributed by atoms with Gasteiger partial charge in [0.1, 0.15) is 5.69 Å². The largest absolute Gasteiger partial charge is 0.213 e. The molecule has 3 nitrogen and oxygen atoms in total. The number of rotatable bonds is 3. The van der Waals surface area contributed by atoms with Crippen LogP contribution in [0.25, 0.3) is 16.9 Å². The van der Waals surface area contributed by atoms with Crippen LogP contribution in [0, 0.1) is 6.92 Å². The van der Waals surface area contributed by atoms with E-state index in [-0.39, 0.29) is 0 Å². The molecule has 0 aliphatic rings. The summed E-state index contributed by atoms with van der Waals surface area (Å²) in [4.78, 5) is 0. The van der Waals surface area contributed by atoms with Crippen LogP contribution in [0.4, 0.5) is 0 Å². The van der Waals surface area contributed by atoms with Gasteiger partial charge in [-0.15, -0.1) is 16.7 Å². The highest BCUT2D eigenvalue weighted by atomic mass is 35.5. The number of hydrogen-bond acceptors (Lipinski definition) is 2. The fraction of sp³-hybridized carbons (Fsp3) is 0.125. The van der Waals surface area contributed by atoms with Crippen molar-refractivity contribution in [3.8, 4) is 16.9 Å². The lowest BCUT2D eigenvalue weighted by atomic mass is 10.1. The van der Waals surface area contributed by atoms with E-state index in [0.29, 0.717) is 5.88 Å². The van der Waals surface area contributed by atoms with Crippen molar-refractivity contribution in [1.29, 1.82) is 0 Å². The highest BCUT2D eigenvalue weighted by molar-refractivity contribution is 6.17. The average Bonchev–Trinajstić information content (AvgIpc) is 2.93. The maximum Gasteiger partial charge on any atom is 0.106 e. The van der Waals surface area contributed by atoms with Gasteiger partial charge in [0.25, 0.3) is 0 Å². The summed E-state index contributed by atoms with van der Waals surface area (Å²) >= 11 is 6.00. The number of aryl methyl sites for hydroxylation is 1. The van der Waals surface area contributed by atoms with E-state index in [2.05, 4.69) is 41.5 Å². The number of nitrogens with zero attached hydrogens (tertiary/aromatic N) is 3. The third-order valence-corrected chi connectivity index (χ3v) is 3.45. The Balaban J connectivity index is 2.18. The van der Waals surface area contributed by atoms with Gasteiger partial charge in [0.05, 0.1) is 17.3 Å². The van der Waals surface area contributed by atoms with Gasteiger partial charge in [-0.05, 0) is 19.1 Å². The highest BCUT2D eigenvalue weighted by Crippen LogP contribution is 2.26. The number of hydrogen-bond donors (Lipinski definition) is 0. The predicted molar refractivity (Wildman–Crippen MR) is 81.1 cm³/mol. The molecule has 0 saturated carbocycles. The maximum absolute atomic E-state index is 6.00. The van der Waals surface area contributed by atoms with Gasteiger partial charge >= 0.3 is 0 Å². The Kier molecular flexibility index (Phi) is 3.52. The summed E-state index contributed by atoms with van der Waals surface area (Å²) in [7, 11) is 0. The summed E-state index contributed by atoms with van der Waals surface area (Å²) < 4.78 is 1.84. The van der Waals surface area contributed by atoms with Crippen LogP contribution < -0.4 is 0 Å². The Morgan fingerprint density at radius 3 is 2.35 bits per heavy atom. The van der Waals surface area contributed by atoms with Gasteiger partial charge in [-0.2, -0.15) is 0 Å². The molecule has 20 heavy (non-hydrogen) atoms. The lowest BCUT2D eigenvalue weighted by molar-refractivity contribution is 0.804. The van der Waals surface area contributed by atoms with Crippen LogP contribution in [0.5, 0.6) is 0 Å². The summed E-state index contributed by atoms with van der Waals surface area (Å²) in [5.74, 6) is 0.343. The molecule has 0 bridgehead atoms. The molecular formula is C16H14ClN3. The minimum absolute atomic E-state index is 0.343. The summed E-state index contributed by atoms with van der Waals surface area (Å²) in [6, 6.07) is 18.3. The second-order valence-corrected chi connectivity index (χ2v) is 4.90. The third kappa shape index (κ3) is 2.32. The summed E-state index contributed by atoms with van der Waals surface area (Å²) in [5.41, 5.74) is 5.01. The van der Waals surface area contributed by atoms with Crippen molar-refractivity contribution in [2.24, 2.45) is 0 Å². The zero-order valence-electron chi connectivity index (χ0n) is 11.1. The van der Waals surface area contributed by atoms with E-state index in [9.17, 15) is 0 Å². The number of alkyl halides is 1. The second-order valence-electron chi connectivity index (χ2n) is 4.63. The molecule has 1 heterocycles. The van der Waals surface area contributed by atoms with E-state index in [1.807, 2.05) is 35.0 Å². The highest BCUT2D eigenvalue weighted by Gasteiger charge is 2.15. The second kappa shape index (κ2) is 5.47. The molecule has 0 unspecified atom stereocenters. The van der Waals surface area contributed by atoms with E-state index < -0.39 is 0 Å². The van der Waals surface area contributed by atoms with Crippen LogP contribution in [0.1, 0.15) is 11.3 Å². The number of para-hydroxylation sites is 1. The number of aromatic nitrogens is 3. The molecule has 0 amide bonds. The Bertz CT molecular complexity index is 702. The van der Waals surface area contributed by atoms with E-state index in [1.165, 1.54) is 5.56 Å². The average molecular weight is 284 g/mol. The zero-order valence-corrected chi connectivity index (χ0v) is 11.9. The zero-order chi connectivity index (χ0) is 13.9. The number of halogens is 1. The summed E-state index contributed by atoms with van der Waals surface area (Å²) in [5, 5.41) is 8.43. The van der Waals surface area contributed by atoms with E-state index in [0.717, 1.165) is 22.6 Å². The first kappa shape index (κ1) is 12.9. The number of benzene rings is 2. The van der Waals surface area contributed by atoms with Gasteiger partial charge in [-0.3, -0.25) is 0 Å². The monoisotopic (exact) mass is 283 g/mol. The first-order valence-electron chi connectivity index (χ1n) is 6.42. The van der Waals surface area contributed by atoms with Crippen molar-refractivity contribution in [2.75, 3.05) is 0 Å². The molecule has 0 atom stereocenters. The van der Waals surface area contributed by atoms with Crippen molar-refractivity contribution < 1.29 is 0 Å². The molecule has 2 aromatic carbocycles. The molecule has 3 rings (SSSR count). The predicted octanol–water partition coefficient (Wildman–Crippen LogP) is 3.98. The lowest BCUT2D eigenvalue weighted by Gasteiger charge is -2.08. The molecule has 0 radical (unpaired) electrons. The molecule has 4 heteroatoms.